The van der Waals surface area contributed by atoms with E-state index in [2.05, 4.69) is 15.3 Å². The Labute approximate surface area is 64.7 Å². The van der Waals surface area contributed by atoms with E-state index in [0.29, 0.717) is 19.5 Å². The minimum Gasteiger partial charge on any atom is -0.387 e. The number of aliphatic hydroxyl groups is 1. The van der Waals surface area contributed by atoms with Gasteiger partial charge in [-0.15, -0.1) is 0 Å². The van der Waals surface area contributed by atoms with Crippen molar-refractivity contribution in [2.45, 2.75) is 12.0 Å². The molecule has 4 nitrogen and oxygen atoms in total. The SMILES string of the molecule is OC1(Cc2cnc[nH]2)CNC1. The van der Waals surface area contributed by atoms with Gasteiger partial charge in [-0.1, -0.05) is 0 Å². The molecule has 2 heterocycles. The number of hydrogen-bond acceptors (Lipinski definition) is 3. The van der Waals surface area contributed by atoms with Crippen LogP contribution in [-0.4, -0.2) is 33.8 Å². The van der Waals surface area contributed by atoms with Gasteiger partial charge in [0.15, 0.2) is 0 Å². The van der Waals surface area contributed by atoms with E-state index in [1.54, 1.807) is 12.5 Å². The molecule has 0 saturated carbocycles. The molecule has 4 heteroatoms. The van der Waals surface area contributed by atoms with Crippen LogP contribution in [0.3, 0.4) is 0 Å². The maximum Gasteiger partial charge on any atom is 0.0949 e. The average molecular weight is 153 g/mol. The highest BCUT2D eigenvalue weighted by atomic mass is 16.3. The Hall–Kier alpha value is -0.870. The molecule has 0 radical (unpaired) electrons. The minimum atomic E-state index is -0.535. The standard InChI is InChI=1S/C7H11N3O/c11-7(3-9-4-7)1-6-2-8-5-10-6/h2,5,9,11H,1,3-4H2,(H,8,10). The molecule has 1 aliphatic rings. The highest BCUT2D eigenvalue weighted by molar-refractivity contribution is 5.05. The first kappa shape index (κ1) is 6.82. The third kappa shape index (κ3) is 1.27. The molecule has 1 aromatic rings. The normalized spacial score (nSPS) is 21.2. The van der Waals surface area contributed by atoms with Crippen LogP contribution < -0.4 is 5.32 Å². The third-order valence-electron chi connectivity index (χ3n) is 1.98. The maximum atomic E-state index is 9.67. The molecule has 0 amide bonds. The molecule has 11 heavy (non-hydrogen) atoms. The second kappa shape index (κ2) is 2.32. The monoisotopic (exact) mass is 153 g/mol. The number of aromatic amines is 1. The van der Waals surface area contributed by atoms with Crippen molar-refractivity contribution in [2.24, 2.45) is 0 Å². The fourth-order valence-corrected chi connectivity index (χ4v) is 1.27. The molecule has 0 atom stereocenters. The Morgan fingerprint density at radius 3 is 2.91 bits per heavy atom. The summed E-state index contributed by atoms with van der Waals surface area (Å²) in [7, 11) is 0. The molecule has 0 bridgehead atoms. The van der Waals surface area contributed by atoms with Crippen LogP contribution in [0.4, 0.5) is 0 Å². The van der Waals surface area contributed by atoms with Crippen molar-refractivity contribution in [3.05, 3.63) is 18.2 Å². The van der Waals surface area contributed by atoms with Gasteiger partial charge in [-0.2, -0.15) is 0 Å². The Bertz CT molecular complexity index is 228. The van der Waals surface area contributed by atoms with Crippen LogP contribution in [0.15, 0.2) is 12.5 Å². The second-order valence-corrected chi connectivity index (χ2v) is 3.08. The molecular weight excluding hydrogens is 142 g/mol. The van der Waals surface area contributed by atoms with Gasteiger partial charge >= 0.3 is 0 Å². The van der Waals surface area contributed by atoms with Gasteiger partial charge in [0.2, 0.25) is 0 Å². The number of nitrogens with zero attached hydrogens (tertiary/aromatic N) is 1. The molecule has 1 aromatic heterocycles. The highest BCUT2D eigenvalue weighted by Crippen LogP contribution is 2.15. The van der Waals surface area contributed by atoms with Gasteiger partial charge in [-0.25, -0.2) is 4.98 Å². The van der Waals surface area contributed by atoms with Gasteiger partial charge < -0.3 is 15.4 Å². The summed E-state index contributed by atoms with van der Waals surface area (Å²) in [5, 5.41) is 12.7. The Kier molecular flexibility index (Phi) is 1.44. The predicted molar refractivity (Wildman–Crippen MR) is 40.1 cm³/mol. The van der Waals surface area contributed by atoms with Gasteiger partial charge in [-0.3, -0.25) is 0 Å². The van der Waals surface area contributed by atoms with Crippen molar-refractivity contribution in [3.63, 3.8) is 0 Å². The van der Waals surface area contributed by atoms with Gasteiger partial charge in [0.05, 0.1) is 11.9 Å². The van der Waals surface area contributed by atoms with Gasteiger partial charge in [0.1, 0.15) is 0 Å². The lowest BCUT2D eigenvalue weighted by Crippen LogP contribution is -2.60. The van der Waals surface area contributed by atoms with E-state index in [0.717, 1.165) is 5.69 Å². The molecule has 3 N–H and O–H groups in total. The fourth-order valence-electron chi connectivity index (χ4n) is 1.27. The van der Waals surface area contributed by atoms with E-state index in [1.165, 1.54) is 0 Å². The lowest BCUT2D eigenvalue weighted by atomic mass is 9.92. The van der Waals surface area contributed by atoms with Crippen LogP contribution in [0, 0.1) is 0 Å². The van der Waals surface area contributed by atoms with E-state index >= 15 is 0 Å². The molecule has 60 valence electrons. The predicted octanol–water partition coefficient (Wildman–Crippen LogP) is -0.714. The molecule has 2 rings (SSSR count). The summed E-state index contributed by atoms with van der Waals surface area (Å²) in [6, 6.07) is 0. The molecule has 1 aliphatic heterocycles. The molecule has 1 fully saturated rings. The lowest BCUT2D eigenvalue weighted by Gasteiger charge is -2.37. The van der Waals surface area contributed by atoms with E-state index < -0.39 is 5.60 Å². The number of H-pyrrole nitrogens is 1. The van der Waals surface area contributed by atoms with E-state index in [1.807, 2.05) is 0 Å². The zero-order chi connectivity index (χ0) is 7.73. The lowest BCUT2D eigenvalue weighted by molar-refractivity contribution is -0.00974. The van der Waals surface area contributed by atoms with Crippen molar-refractivity contribution < 1.29 is 5.11 Å². The van der Waals surface area contributed by atoms with Crippen LogP contribution in [0.2, 0.25) is 0 Å². The zero-order valence-electron chi connectivity index (χ0n) is 6.17. The van der Waals surface area contributed by atoms with Gasteiger partial charge in [-0.05, 0) is 0 Å². The van der Waals surface area contributed by atoms with Crippen LogP contribution in [0.5, 0.6) is 0 Å². The fraction of sp³-hybridized carbons (Fsp3) is 0.571. The Balaban J connectivity index is 2.00. The molecule has 0 aliphatic carbocycles. The van der Waals surface area contributed by atoms with Crippen LogP contribution >= 0.6 is 0 Å². The number of aromatic nitrogens is 2. The van der Waals surface area contributed by atoms with Gasteiger partial charge in [0.25, 0.3) is 0 Å². The van der Waals surface area contributed by atoms with E-state index in [9.17, 15) is 5.11 Å². The summed E-state index contributed by atoms with van der Waals surface area (Å²) in [5.41, 5.74) is 0.459. The second-order valence-electron chi connectivity index (χ2n) is 3.08. The first-order valence-electron chi connectivity index (χ1n) is 3.69. The van der Waals surface area contributed by atoms with Crippen LogP contribution in [0.25, 0.3) is 0 Å². The average Bonchev–Trinajstić information content (AvgIpc) is 2.36. The van der Waals surface area contributed by atoms with E-state index in [4.69, 9.17) is 0 Å². The summed E-state index contributed by atoms with van der Waals surface area (Å²) in [6.45, 7) is 1.37. The van der Waals surface area contributed by atoms with Crippen molar-refractivity contribution in [3.8, 4) is 0 Å². The minimum absolute atomic E-state index is 0.535. The number of hydrogen-bond donors (Lipinski definition) is 3. The summed E-state index contributed by atoms with van der Waals surface area (Å²) in [4.78, 5) is 6.84. The Morgan fingerprint density at radius 2 is 2.45 bits per heavy atom. The van der Waals surface area contributed by atoms with Crippen molar-refractivity contribution in [1.29, 1.82) is 0 Å². The summed E-state index contributed by atoms with van der Waals surface area (Å²) >= 11 is 0. The molecular formula is C7H11N3O. The summed E-state index contributed by atoms with van der Waals surface area (Å²) < 4.78 is 0. The third-order valence-corrected chi connectivity index (χ3v) is 1.98. The number of β-amino-alcohol motifs (C(OH)–C–C–N with tert-alkyl or cyclic N) is 1. The van der Waals surface area contributed by atoms with Crippen LogP contribution in [0.1, 0.15) is 5.69 Å². The molecule has 0 unspecified atom stereocenters. The first-order chi connectivity index (χ1) is 5.29. The topological polar surface area (TPSA) is 60.9 Å². The molecule has 1 saturated heterocycles. The van der Waals surface area contributed by atoms with Crippen molar-refractivity contribution >= 4 is 0 Å². The van der Waals surface area contributed by atoms with Crippen LogP contribution in [-0.2, 0) is 6.42 Å². The Morgan fingerprint density at radius 1 is 1.64 bits per heavy atom. The van der Waals surface area contributed by atoms with Gasteiger partial charge in [0, 0.05) is 31.4 Å². The van der Waals surface area contributed by atoms with Crippen molar-refractivity contribution in [1.82, 2.24) is 15.3 Å². The molecule has 0 aromatic carbocycles. The largest absolute Gasteiger partial charge is 0.387 e. The summed E-state index contributed by atoms with van der Waals surface area (Å²) in [5.74, 6) is 0. The highest BCUT2D eigenvalue weighted by Gasteiger charge is 2.34. The van der Waals surface area contributed by atoms with E-state index in [-0.39, 0.29) is 0 Å². The number of nitrogens with one attached hydrogen (secondary N) is 2. The quantitative estimate of drug-likeness (QED) is 0.526. The number of rotatable bonds is 2. The summed E-state index contributed by atoms with van der Waals surface area (Å²) in [6.07, 6.45) is 4.04. The van der Waals surface area contributed by atoms with Crippen molar-refractivity contribution in [2.75, 3.05) is 13.1 Å². The number of imidazole rings is 1. The smallest absolute Gasteiger partial charge is 0.0949 e. The zero-order valence-corrected chi connectivity index (χ0v) is 6.17. The molecule has 0 spiro atoms. The first-order valence-corrected chi connectivity index (χ1v) is 3.69. The maximum absolute atomic E-state index is 9.67.